The molecule has 1 N–H and O–H groups in total. The number of nitrogens with zero attached hydrogens (tertiary/aromatic N) is 2. The summed E-state index contributed by atoms with van der Waals surface area (Å²) in [4.78, 5) is 12.6. The lowest BCUT2D eigenvalue weighted by molar-refractivity contribution is -0.119. The van der Waals surface area contributed by atoms with Crippen LogP contribution in [-0.2, 0) is 29.6 Å². The van der Waals surface area contributed by atoms with Crippen LogP contribution < -0.4 is 19.1 Å². The summed E-state index contributed by atoms with van der Waals surface area (Å²) < 4.78 is 68.5. The van der Waals surface area contributed by atoms with Gasteiger partial charge in [0.1, 0.15) is 24.7 Å². The minimum absolute atomic E-state index is 0.111. The molecule has 1 aliphatic rings. The Morgan fingerprint density at radius 3 is 2.36 bits per heavy atom. The first-order valence-corrected chi connectivity index (χ1v) is 14.7. The van der Waals surface area contributed by atoms with Gasteiger partial charge in [0.15, 0.2) is 0 Å². The topological polar surface area (TPSA) is 132 Å². The van der Waals surface area contributed by atoms with E-state index in [0.29, 0.717) is 50.1 Å². The minimum Gasteiger partial charge on any atom is -0.494 e. The first-order chi connectivity index (χ1) is 17.1. The highest BCUT2D eigenvalue weighted by atomic mass is 32.2. The maximum Gasteiger partial charge on any atom is 0.243 e. The quantitative estimate of drug-likeness (QED) is 0.395. The van der Waals surface area contributed by atoms with Crippen molar-refractivity contribution in [3.05, 3.63) is 48.5 Å². The number of morpholine rings is 1. The van der Waals surface area contributed by atoms with Crippen molar-refractivity contribution < 1.29 is 35.8 Å². The number of carbonyl (C=O) groups is 1. The minimum atomic E-state index is -3.72. The van der Waals surface area contributed by atoms with Gasteiger partial charge in [-0.2, -0.15) is 4.31 Å². The van der Waals surface area contributed by atoms with Crippen LogP contribution in [-0.4, -0.2) is 85.9 Å². The second-order valence-electron chi connectivity index (χ2n) is 7.89. The Morgan fingerprint density at radius 2 is 1.72 bits per heavy atom. The Labute approximate surface area is 212 Å². The van der Waals surface area contributed by atoms with Gasteiger partial charge in [-0.3, -0.25) is 9.10 Å². The summed E-state index contributed by atoms with van der Waals surface area (Å²) in [6.07, 6.45) is 1.03. The Kier molecular flexibility index (Phi) is 9.54. The predicted octanol–water partition coefficient (Wildman–Crippen LogP) is 1.07. The molecule has 1 heterocycles. The number of hydrogen-bond donors (Lipinski definition) is 1. The van der Waals surface area contributed by atoms with Crippen LogP contribution in [0.4, 0.5) is 5.69 Å². The van der Waals surface area contributed by atoms with E-state index in [1.54, 1.807) is 36.4 Å². The normalized spacial score (nSPS) is 14.7. The van der Waals surface area contributed by atoms with E-state index in [2.05, 4.69) is 5.32 Å². The summed E-state index contributed by atoms with van der Waals surface area (Å²) in [5.74, 6) is 0.440. The lowest BCUT2D eigenvalue weighted by Crippen LogP contribution is -2.41. The van der Waals surface area contributed by atoms with Gasteiger partial charge in [-0.1, -0.05) is 6.07 Å². The average Bonchev–Trinajstić information content (AvgIpc) is 2.86. The third-order valence-corrected chi connectivity index (χ3v) is 8.28. The second kappa shape index (κ2) is 12.4. The number of anilines is 1. The summed E-state index contributed by atoms with van der Waals surface area (Å²) in [5, 5.41) is 2.63. The van der Waals surface area contributed by atoms with Crippen molar-refractivity contribution in [1.29, 1.82) is 0 Å². The molecular weight excluding hydrogens is 510 g/mol. The SMILES string of the molecule is CCOc1cccc(N(CC(=O)NCCOc2ccc(S(=O)(=O)N3CCOCC3)cc2)S(C)(=O)=O)c1. The van der Waals surface area contributed by atoms with E-state index in [-0.39, 0.29) is 18.0 Å². The monoisotopic (exact) mass is 541 g/mol. The number of amides is 1. The summed E-state index contributed by atoms with van der Waals surface area (Å²) in [7, 11) is -7.31. The fourth-order valence-corrected chi connectivity index (χ4v) is 5.74. The number of carbonyl (C=O) groups excluding carboxylic acids is 1. The van der Waals surface area contributed by atoms with Crippen LogP contribution in [0.1, 0.15) is 6.92 Å². The van der Waals surface area contributed by atoms with Gasteiger partial charge in [0.25, 0.3) is 0 Å². The van der Waals surface area contributed by atoms with E-state index in [0.717, 1.165) is 10.6 Å². The van der Waals surface area contributed by atoms with Crippen molar-refractivity contribution in [3.63, 3.8) is 0 Å². The largest absolute Gasteiger partial charge is 0.494 e. The van der Waals surface area contributed by atoms with Gasteiger partial charge in [-0.25, -0.2) is 16.8 Å². The van der Waals surface area contributed by atoms with Gasteiger partial charge in [-0.05, 0) is 43.3 Å². The van der Waals surface area contributed by atoms with Crippen LogP contribution >= 0.6 is 0 Å². The molecule has 1 fully saturated rings. The molecule has 36 heavy (non-hydrogen) atoms. The molecule has 1 amide bonds. The van der Waals surface area contributed by atoms with Crippen molar-refractivity contribution in [2.75, 3.05) is 63.2 Å². The van der Waals surface area contributed by atoms with Crippen molar-refractivity contribution in [3.8, 4) is 11.5 Å². The van der Waals surface area contributed by atoms with Crippen molar-refractivity contribution >= 4 is 31.6 Å². The summed E-state index contributed by atoms with van der Waals surface area (Å²) in [6, 6.07) is 12.5. The van der Waals surface area contributed by atoms with E-state index in [4.69, 9.17) is 14.2 Å². The molecule has 1 aliphatic heterocycles. The van der Waals surface area contributed by atoms with Crippen molar-refractivity contribution in [2.24, 2.45) is 0 Å². The smallest absolute Gasteiger partial charge is 0.243 e. The first-order valence-electron chi connectivity index (χ1n) is 11.4. The molecule has 198 valence electrons. The third-order valence-electron chi connectivity index (χ3n) is 5.23. The molecule has 13 heteroatoms. The zero-order valence-corrected chi connectivity index (χ0v) is 21.9. The molecule has 0 unspecified atom stereocenters. The lowest BCUT2D eigenvalue weighted by atomic mass is 10.3. The zero-order valence-electron chi connectivity index (χ0n) is 20.3. The number of sulfonamides is 2. The zero-order chi connectivity index (χ0) is 26.2. The average molecular weight is 542 g/mol. The fourth-order valence-electron chi connectivity index (χ4n) is 3.48. The number of hydrogen-bond acceptors (Lipinski definition) is 8. The number of rotatable bonds is 12. The second-order valence-corrected chi connectivity index (χ2v) is 11.7. The Balaban J connectivity index is 1.50. The van der Waals surface area contributed by atoms with E-state index in [1.807, 2.05) is 6.92 Å². The molecule has 0 spiro atoms. The van der Waals surface area contributed by atoms with E-state index >= 15 is 0 Å². The molecule has 0 atom stereocenters. The summed E-state index contributed by atoms with van der Waals surface area (Å²) >= 11 is 0. The third kappa shape index (κ3) is 7.56. The van der Waals surface area contributed by atoms with Crippen LogP contribution in [0.5, 0.6) is 11.5 Å². The van der Waals surface area contributed by atoms with Crippen LogP contribution in [0, 0.1) is 0 Å². The molecule has 2 aromatic rings. The standard InChI is InChI=1S/C23H31N3O8S2/c1-3-33-21-6-4-5-19(17-21)26(35(2,28)29)18-23(27)24-11-14-34-20-7-9-22(10-8-20)36(30,31)25-12-15-32-16-13-25/h4-10,17H,3,11-16,18H2,1-2H3,(H,24,27). The van der Waals surface area contributed by atoms with Gasteiger partial charge < -0.3 is 19.5 Å². The van der Waals surface area contributed by atoms with Gasteiger partial charge in [0.05, 0.1) is 43.2 Å². The molecule has 1 saturated heterocycles. The lowest BCUT2D eigenvalue weighted by Gasteiger charge is -2.26. The molecule has 2 aromatic carbocycles. The first kappa shape index (κ1) is 27.7. The summed E-state index contributed by atoms with van der Waals surface area (Å²) in [6.45, 7) is 3.45. The van der Waals surface area contributed by atoms with E-state index < -0.39 is 32.5 Å². The number of benzene rings is 2. The van der Waals surface area contributed by atoms with Crippen molar-refractivity contribution in [2.45, 2.75) is 11.8 Å². The van der Waals surface area contributed by atoms with E-state index in [9.17, 15) is 21.6 Å². The highest BCUT2D eigenvalue weighted by Gasteiger charge is 2.26. The maximum atomic E-state index is 12.7. The van der Waals surface area contributed by atoms with Gasteiger partial charge in [0, 0.05) is 19.2 Å². The molecule has 0 aromatic heterocycles. The van der Waals surface area contributed by atoms with Crippen molar-refractivity contribution in [1.82, 2.24) is 9.62 Å². The van der Waals surface area contributed by atoms with Crippen LogP contribution in [0.15, 0.2) is 53.4 Å². The molecule has 0 radical (unpaired) electrons. The number of ether oxygens (including phenoxy) is 3. The molecule has 0 aliphatic carbocycles. The van der Waals surface area contributed by atoms with Crippen LogP contribution in [0.25, 0.3) is 0 Å². The summed E-state index contributed by atoms with van der Waals surface area (Å²) in [5.41, 5.74) is 0.321. The van der Waals surface area contributed by atoms with E-state index in [1.165, 1.54) is 16.4 Å². The van der Waals surface area contributed by atoms with Gasteiger partial charge >= 0.3 is 0 Å². The van der Waals surface area contributed by atoms with Gasteiger partial charge in [-0.15, -0.1) is 0 Å². The van der Waals surface area contributed by atoms with Crippen LogP contribution in [0.2, 0.25) is 0 Å². The highest BCUT2D eigenvalue weighted by molar-refractivity contribution is 7.92. The fraction of sp³-hybridized carbons (Fsp3) is 0.435. The highest BCUT2D eigenvalue weighted by Crippen LogP contribution is 2.23. The predicted molar refractivity (Wildman–Crippen MR) is 134 cm³/mol. The Hall–Kier alpha value is -2.87. The Morgan fingerprint density at radius 1 is 1.03 bits per heavy atom. The Bertz CT molecular complexity index is 1230. The molecule has 3 rings (SSSR count). The van der Waals surface area contributed by atoms with Crippen LogP contribution in [0.3, 0.4) is 0 Å². The maximum absolute atomic E-state index is 12.7. The molecule has 0 bridgehead atoms. The molecule has 11 nitrogen and oxygen atoms in total. The van der Waals surface area contributed by atoms with Gasteiger partial charge in [0.2, 0.25) is 26.0 Å². The molecular formula is C23H31N3O8S2. The number of nitrogens with one attached hydrogen (secondary N) is 1. The molecule has 0 saturated carbocycles.